The Hall–Kier alpha value is -1.11. The molecular formula is C16H26N2O3S. The van der Waals surface area contributed by atoms with Gasteiger partial charge in [0.25, 0.3) is 0 Å². The van der Waals surface area contributed by atoms with Crippen molar-refractivity contribution < 1.29 is 13.2 Å². The molecule has 22 heavy (non-hydrogen) atoms. The molecule has 2 rings (SSSR count). The molecule has 1 aromatic carbocycles. The third kappa shape index (κ3) is 4.21. The third-order valence-corrected chi connectivity index (χ3v) is 5.64. The highest BCUT2D eigenvalue weighted by Crippen LogP contribution is 2.24. The fourth-order valence-corrected chi connectivity index (χ4v) is 4.16. The summed E-state index contributed by atoms with van der Waals surface area (Å²) in [6.45, 7) is 6.46. The third-order valence-electron chi connectivity index (χ3n) is 4.19. The number of aryl methyl sites for hydroxylation is 1. The number of hydrogen-bond acceptors (Lipinski definition) is 4. The van der Waals surface area contributed by atoms with Crippen molar-refractivity contribution in [3.05, 3.63) is 23.8 Å². The van der Waals surface area contributed by atoms with Crippen LogP contribution in [0.15, 0.2) is 23.1 Å². The number of likely N-dealkylation sites (tertiary alicyclic amines) is 1. The van der Waals surface area contributed by atoms with Gasteiger partial charge in [0.15, 0.2) is 0 Å². The van der Waals surface area contributed by atoms with Gasteiger partial charge in [-0.25, -0.2) is 13.1 Å². The Balaban J connectivity index is 2.06. The van der Waals surface area contributed by atoms with Gasteiger partial charge in [0.2, 0.25) is 10.0 Å². The van der Waals surface area contributed by atoms with Crippen LogP contribution in [0.25, 0.3) is 0 Å². The van der Waals surface area contributed by atoms with Crippen molar-refractivity contribution in [3.63, 3.8) is 0 Å². The summed E-state index contributed by atoms with van der Waals surface area (Å²) in [5, 5.41) is 0. The minimum absolute atomic E-state index is 0.200. The first-order valence-electron chi connectivity index (χ1n) is 7.82. The fraction of sp³-hybridized carbons (Fsp3) is 0.625. The monoisotopic (exact) mass is 326 g/mol. The molecule has 0 aliphatic carbocycles. The smallest absolute Gasteiger partial charge is 0.244 e. The molecule has 0 saturated carbocycles. The second-order valence-corrected chi connectivity index (χ2v) is 7.69. The van der Waals surface area contributed by atoms with Gasteiger partial charge in [-0.2, -0.15) is 0 Å². The molecule has 1 aromatic rings. The number of benzene rings is 1. The normalized spacial score (nSPS) is 18.1. The molecule has 1 unspecified atom stereocenters. The van der Waals surface area contributed by atoms with E-state index in [4.69, 9.17) is 4.74 Å². The number of piperidine rings is 1. The summed E-state index contributed by atoms with van der Waals surface area (Å²) in [4.78, 5) is 2.56. The van der Waals surface area contributed by atoms with E-state index in [1.165, 1.54) is 26.4 Å². The molecule has 0 aromatic heterocycles. The molecule has 0 radical (unpaired) electrons. The minimum atomic E-state index is -3.56. The molecule has 124 valence electrons. The largest absolute Gasteiger partial charge is 0.495 e. The molecule has 6 heteroatoms. The van der Waals surface area contributed by atoms with Crippen molar-refractivity contribution in [2.45, 2.75) is 44.0 Å². The maximum absolute atomic E-state index is 12.5. The number of sulfonamides is 1. The van der Waals surface area contributed by atoms with Gasteiger partial charge >= 0.3 is 0 Å². The van der Waals surface area contributed by atoms with E-state index in [1.807, 2.05) is 13.0 Å². The zero-order valence-corrected chi connectivity index (χ0v) is 14.4. The Morgan fingerprint density at radius 2 is 1.95 bits per heavy atom. The van der Waals surface area contributed by atoms with Crippen molar-refractivity contribution in [1.82, 2.24) is 9.62 Å². The van der Waals surface area contributed by atoms with Crippen molar-refractivity contribution in [2.24, 2.45) is 0 Å². The summed E-state index contributed by atoms with van der Waals surface area (Å²) < 4.78 is 33.0. The van der Waals surface area contributed by atoms with Gasteiger partial charge in [-0.05, 0) is 57.5 Å². The van der Waals surface area contributed by atoms with Gasteiger partial charge in [0, 0.05) is 12.6 Å². The van der Waals surface area contributed by atoms with E-state index in [0.717, 1.165) is 18.7 Å². The summed E-state index contributed by atoms with van der Waals surface area (Å²) in [5.41, 5.74) is 0.894. The molecule has 1 heterocycles. The quantitative estimate of drug-likeness (QED) is 0.870. The summed E-state index contributed by atoms with van der Waals surface area (Å²) in [7, 11) is -2.07. The summed E-state index contributed by atoms with van der Waals surface area (Å²) in [6.07, 6.45) is 3.67. The van der Waals surface area contributed by atoms with Crippen LogP contribution in [0, 0.1) is 6.92 Å². The lowest BCUT2D eigenvalue weighted by atomic mass is 10.1. The van der Waals surface area contributed by atoms with Crippen LogP contribution in [0.2, 0.25) is 0 Å². The summed E-state index contributed by atoms with van der Waals surface area (Å²) in [5.74, 6) is 0.378. The van der Waals surface area contributed by atoms with Gasteiger partial charge < -0.3 is 4.74 Å². The molecule has 0 amide bonds. The predicted octanol–water partition coefficient (Wildman–Crippen LogP) is 2.16. The van der Waals surface area contributed by atoms with Gasteiger partial charge in [-0.3, -0.25) is 4.90 Å². The minimum Gasteiger partial charge on any atom is -0.495 e. The van der Waals surface area contributed by atoms with E-state index < -0.39 is 10.0 Å². The molecule has 0 bridgehead atoms. The van der Waals surface area contributed by atoms with Crippen LogP contribution < -0.4 is 9.46 Å². The van der Waals surface area contributed by atoms with Gasteiger partial charge in [0.05, 0.1) is 7.11 Å². The van der Waals surface area contributed by atoms with Crippen LogP contribution in [-0.4, -0.2) is 46.1 Å². The van der Waals surface area contributed by atoms with Crippen LogP contribution in [-0.2, 0) is 10.0 Å². The molecular weight excluding hydrogens is 300 g/mol. The standard InChI is InChI=1S/C16H26N2O3S/c1-13-7-8-15(21-3)16(11-13)22(19,20)17-12-14(2)18-9-5-4-6-10-18/h7-8,11,14,17H,4-6,9-10,12H2,1-3H3. The Morgan fingerprint density at radius 3 is 2.59 bits per heavy atom. The summed E-state index contributed by atoms with van der Waals surface area (Å²) in [6, 6.07) is 5.38. The Labute approximate surface area is 133 Å². The van der Waals surface area contributed by atoms with E-state index in [0.29, 0.717) is 12.3 Å². The molecule has 1 N–H and O–H groups in total. The number of nitrogens with one attached hydrogen (secondary N) is 1. The highest BCUT2D eigenvalue weighted by molar-refractivity contribution is 7.89. The molecule has 0 spiro atoms. The van der Waals surface area contributed by atoms with Crippen LogP contribution in [0.4, 0.5) is 0 Å². The zero-order chi connectivity index (χ0) is 16.2. The average molecular weight is 326 g/mol. The molecule has 1 fully saturated rings. The van der Waals surface area contributed by atoms with E-state index in [9.17, 15) is 8.42 Å². The lowest BCUT2D eigenvalue weighted by Crippen LogP contribution is -2.44. The predicted molar refractivity (Wildman–Crippen MR) is 87.8 cm³/mol. The first-order valence-corrected chi connectivity index (χ1v) is 9.30. The number of rotatable bonds is 6. The molecule has 1 atom stereocenters. The van der Waals surface area contributed by atoms with E-state index in [-0.39, 0.29) is 10.9 Å². The first kappa shape index (κ1) is 17.2. The van der Waals surface area contributed by atoms with Crippen molar-refractivity contribution in [2.75, 3.05) is 26.7 Å². The number of hydrogen-bond donors (Lipinski definition) is 1. The van der Waals surface area contributed by atoms with Crippen LogP contribution in [0.1, 0.15) is 31.7 Å². The van der Waals surface area contributed by atoms with Crippen LogP contribution in [0.3, 0.4) is 0 Å². The second-order valence-electron chi connectivity index (χ2n) is 5.95. The van der Waals surface area contributed by atoms with Crippen molar-refractivity contribution in [3.8, 4) is 5.75 Å². The number of ether oxygens (including phenoxy) is 1. The van der Waals surface area contributed by atoms with Gasteiger partial charge in [-0.1, -0.05) is 12.5 Å². The van der Waals surface area contributed by atoms with E-state index >= 15 is 0 Å². The lowest BCUT2D eigenvalue weighted by molar-refractivity contribution is 0.175. The van der Waals surface area contributed by atoms with E-state index in [1.54, 1.807) is 12.1 Å². The summed E-state index contributed by atoms with van der Waals surface area (Å²) >= 11 is 0. The molecule has 1 aliphatic rings. The Bertz CT molecular complexity index is 595. The number of nitrogens with zero attached hydrogens (tertiary/aromatic N) is 1. The molecule has 1 aliphatic heterocycles. The number of methoxy groups -OCH3 is 1. The Kier molecular flexibility index (Phi) is 5.83. The zero-order valence-electron chi connectivity index (χ0n) is 13.6. The maximum Gasteiger partial charge on any atom is 0.244 e. The van der Waals surface area contributed by atoms with Crippen molar-refractivity contribution in [1.29, 1.82) is 0 Å². The fourth-order valence-electron chi connectivity index (χ4n) is 2.79. The highest BCUT2D eigenvalue weighted by Gasteiger charge is 2.22. The molecule has 1 saturated heterocycles. The first-order chi connectivity index (χ1) is 10.4. The SMILES string of the molecule is COc1ccc(C)cc1S(=O)(=O)NCC(C)N1CCCCC1. The lowest BCUT2D eigenvalue weighted by Gasteiger charge is -2.32. The second kappa shape index (κ2) is 7.44. The Morgan fingerprint density at radius 1 is 1.27 bits per heavy atom. The van der Waals surface area contributed by atoms with Gasteiger partial charge in [0.1, 0.15) is 10.6 Å². The topological polar surface area (TPSA) is 58.6 Å². The van der Waals surface area contributed by atoms with E-state index in [2.05, 4.69) is 16.5 Å². The average Bonchev–Trinajstić information content (AvgIpc) is 2.53. The van der Waals surface area contributed by atoms with Crippen LogP contribution in [0.5, 0.6) is 5.75 Å². The van der Waals surface area contributed by atoms with Crippen LogP contribution >= 0.6 is 0 Å². The highest BCUT2D eigenvalue weighted by atomic mass is 32.2. The molecule has 5 nitrogen and oxygen atoms in total. The van der Waals surface area contributed by atoms with Gasteiger partial charge in [-0.15, -0.1) is 0 Å². The maximum atomic E-state index is 12.5. The van der Waals surface area contributed by atoms with Crippen molar-refractivity contribution >= 4 is 10.0 Å².